The quantitative estimate of drug-likeness (QED) is 0.0700. The molecule has 0 saturated heterocycles. The molecule has 0 fully saturated rings. The van der Waals surface area contributed by atoms with Gasteiger partial charge in [-0.15, -0.1) is 0 Å². The average molecular weight is 645 g/mol. The fourth-order valence-corrected chi connectivity index (χ4v) is 7.58. The van der Waals surface area contributed by atoms with Crippen LogP contribution in [0.2, 0.25) is 0 Å². The molecule has 4 rings (SSSR count). The molecule has 0 aliphatic rings. The third kappa shape index (κ3) is 11.6. The van der Waals surface area contributed by atoms with Gasteiger partial charge in [0.05, 0.1) is 0 Å². The van der Waals surface area contributed by atoms with Crippen molar-refractivity contribution < 1.29 is 0 Å². The number of anilines is 2. The van der Waals surface area contributed by atoms with Crippen molar-refractivity contribution in [1.82, 2.24) is 0 Å². The maximum atomic E-state index is 6.09. The molecule has 2 nitrogen and oxygen atoms in total. The summed E-state index contributed by atoms with van der Waals surface area (Å²) >= 11 is 0. The summed E-state index contributed by atoms with van der Waals surface area (Å²) in [5.74, 6) is 0.896. The number of nitrogens with two attached hydrogens (primary N) is 2. The molecule has 4 N–H and O–H groups in total. The number of rotatable bonds is 21. The van der Waals surface area contributed by atoms with Crippen molar-refractivity contribution >= 4 is 11.4 Å². The zero-order valence-electron chi connectivity index (χ0n) is 30.7. The van der Waals surface area contributed by atoms with Crippen LogP contribution in [0.5, 0.6) is 0 Å². The fourth-order valence-electron chi connectivity index (χ4n) is 7.58. The Bertz CT molecular complexity index is 1370. The average Bonchev–Trinajstić information content (AvgIpc) is 3.08. The maximum Gasteiger partial charge on any atom is 0.0316 e. The molecule has 4 aromatic carbocycles. The number of unbranched alkanes of at least 4 members (excludes halogenated alkanes) is 9. The van der Waals surface area contributed by atoms with E-state index in [-0.39, 0.29) is 0 Å². The molecule has 0 amide bonds. The highest BCUT2D eigenvalue weighted by Crippen LogP contribution is 2.35. The lowest BCUT2D eigenvalue weighted by Gasteiger charge is -2.21. The minimum Gasteiger partial charge on any atom is -0.399 e. The van der Waals surface area contributed by atoms with Crippen LogP contribution >= 0.6 is 0 Å². The van der Waals surface area contributed by atoms with Gasteiger partial charge in [0.1, 0.15) is 0 Å². The second kappa shape index (κ2) is 20.1. The molecule has 0 heterocycles. The molecule has 0 aliphatic heterocycles. The van der Waals surface area contributed by atoms with Crippen molar-refractivity contribution in [2.45, 2.75) is 142 Å². The third-order valence-electron chi connectivity index (χ3n) is 10.5. The summed E-state index contributed by atoms with van der Waals surface area (Å²) in [5, 5.41) is 0. The molecule has 0 radical (unpaired) electrons. The third-order valence-corrected chi connectivity index (χ3v) is 10.5. The van der Waals surface area contributed by atoms with Crippen LogP contribution in [-0.4, -0.2) is 0 Å². The van der Waals surface area contributed by atoms with E-state index >= 15 is 0 Å². The smallest absolute Gasteiger partial charge is 0.0316 e. The predicted molar refractivity (Wildman–Crippen MR) is 211 cm³/mol. The number of nitrogen functional groups attached to an aromatic ring is 2. The lowest BCUT2D eigenvalue weighted by atomic mass is 9.84. The summed E-state index contributed by atoms with van der Waals surface area (Å²) in [4.78, 5) is 0. The Morgan fingerprint density at radius 2 is 0.812 bits per heavy atom. The topological polar surface area (TPSA) is 52.0 Å². The van der Waals surface area contributed by atoms with Crippen LogP contribution in [0.1, 0.15) is 160 Å². The minimum absolute atomic E-state index is 0.448. The summed E-state index contributed by atoms with van der Waals surface area (Å²) in [5.41, 5.74) is 25.2. The molecule has 0 aromatic heterocycles. The zero-order valence-corrected chi connectivity index (χ0v) is 30.7. The van der Waals surface area contributed by atoms with E-state index in [0.29, 0.717) is 11.8 Å². The second-order valence-electron chi connectivity index (χ2n) is 14.4. The zero-order chi connectivity index (χ0) is 34.1. The Balaban J connectivity index is 1.24. The van der Waals surface area contributed by atoms with Gasteiger partial charge in [0.2, 0.25) is 0 Å². The van der Waals surface area contributed by atoms with Gasteiger partial charge in [-0.2, -0.15) is 0 Å². The van der Waals surface area contributed by atoms with Crippen LogP contribution in [0, 0.1) is 13.8 Å². The number of hydrogen-bond donors (Lipinski definition) is 2. The van der Waals surface area contributed by atoms with Crippen molar-refractivity contribution in [3.8, 4) is 0 Å². The molecular formula is C46H64N2. The minimum atomic E-state index is 0.448. The summed E-state index contributed by atoms with van der Waals surface area (Å²) in [7, 11) is 0. The Labute approximate surface area is 293 Å². The van der Waals surface area contributed by atoms with Crippen LogP contribution in [0.3, 0.4) is 0 Å². The van der Waals surface area contributed by atoms with Gasteiger partial charge in [-0.05, 0) is 121 Å². The molecule has 0 bridgehead atoms. The Kier molecular flexibility index (Phi) is 15.6. The molecule has 0 spiro atoms. The monoisotopic (exact) mass is 645 g/mol. The lowest BCUT2D eigenvalue weighted by molar-refractivity contribution is 0.595. The van der Waals surface area contributed by atoms with Crippen LogP contribution < -0.4 is 11.5 Å². The van der Waals surface area contributed by atoms with Crippen LogP contribution in [0.15, 0.2) is 84.9 Å². The van der Waals surface area contributed by atoms with Crippen molar-refractivity contribution in [2.24, 2.45) is 0 Å². The molecule has 2 atom stereocenters. The van der Waals surface area contributed by atoms with Crippen molar-refractivity contribution in [3.05, 3.63) is 129 Å². The van der Waals surface area contributed by atoms with Crippen molar-refractivity contribution in [2.75, 3.05) is 11.5 Å². The number of hydrogen-bond acceptors (Lipinski definition) is 2. The lowest BCUT2D eigenvalue weighted by Crippen LogP contribution is -2.05. The van der Waals surface area contributed by atoms with Gasteiger partial charge in [0, 0.05) is 23.2 Å². The Hall–Kier alpha value is -3.52. The van der Waals surface area contributed by atoms with Crippen molar-refractivity contribution in [1.29, 1.82) is 0 Å². The van der Waals surface area contributed by atoms with E-state index in [1.807, 2.05) is 0 Å². The molecule has 2 heteroatoms. The van der Waals surface area contributed by atoms with Crippen LogP contribution in [0.25, 0.3) is 0 Å². The molecule has 2 unspecified atom stereocenters. The molecule has 0 saturated carbocycles. The van der Waals surface area contributed by atoms with E-state index in [9.17, 15) is 0 Å². The predicted octanol–water partition coefficient (Wildman–Crippen LogP) is 13.0. The van der Waals surface area contributed by atoms with Gasteiger partial charge < -0.3 is 11.5 Å². The van der Waals surface area contributed by atoms with E-state index in [1.165, 1.54) is 147 Å². The van der Waals surface area contributed by atoms with Gasteiger partial charge in [-0.3, -0.25) is 0 Å². The van der Waals surface area contributed by atoms with E-state index in [2.05, 4.69) is 113 Å². The highest BCUT2D eigenvalue weighted by atomic mass is 14.5. The first-order valence-electron chi connectivity index (χ1n) is 19.3. The van der Waals surface area contributed by atoms with Crippen molar-refractivity contribution in [3.63, 3.8) is 0 Å². The standard InChI is InChI=1S/C46H64N2/c1-5-7-9-15-19-45(43-31-29-41(47)33-35(43)3)39-25-21-37(22-26-39)17-13-11-12-14-18-38-23-27-40(28-24-38)46(20-16-10-8-6-2)44-32-30-42(48)34-36(44)4/h21-34,45-46H,5-20,47-48H2,1-4H3. The number of aryl methyl sites for hydroxylation is 4. The second-order valence-corrected chi connectivity index (χ2v) is 14.4. The first kappa shape index (κ1) is 37.3. The summed E-state index contributed by atoms with van der Waals surface area (Å²) in [6.45, 7) is 9.00. The van der Waals surface area contributed by atoms with E-state index < -0.39 is 0 Å². The normalized spacial score (nSPS) is 12.7. The summed E-state index contributed by atoms with van der Waals surface area (Å²) in [6, 6.07) is 32.0. The largest absolute Gasteiger partial charge is 0.399 e. The Morgan fingerprint density at radius 3 is 1.17 bits per heavy atom. The van der Waals surface area contributed by atoms with Gasteiger partial charge in [-0.1, -0.05) is 139 Å². The van der Waals surface area contributed by atoms with E-state index in [1.54, 1.807) is 0 Å². The van der Waals surface area contributed by atoms with E-state index in [0.717, 1.165) is 11.4 Å². The highest BCUT2D eigenvalue weighted by molar-refractivity contribution is 5.49. The maximum absolute atomic E-state index is 6.09. The molecule has 0 aliphatic carbocycles. The molecule has 48 heavy (non-hydrogen) atoms. The van der Waals surface area contributed by atoms with Gasteiger partial charge in [-0.25, -0.2) is 0 Å². The first-order valence-corrected chi connectivity index (χ1v) is 19.3. The SMILES string of the molecule is CCCCCCC(c1ccc(CCCCCCc2ccc(C(CCCCCC)c3ccc(N)cc3C)cc2)cc1)c1ccc(N)cc1C. The molecule has 4 aromatic rings. The van der Waals surface area contributed by atoms with E-state index in [4.69, 9.17) is 11.5 Å². The van der Waals surface area contributed by atoms with Gasteiger partial charge in [0.25, 0.3) is 0 Å². The highest BCUT2D eigenvalue weighted by Gasteiger charge is 2.18. The summed E-state index contributed by atoms with van der Waals surface area (Å²) < 4.78 is 0. The molecule has 258 valence electrons. The van der Waals surface area contributed by atoms with Gasteiger partial charge in [0.15, 0.2) is 0 Å². The fraction of sp³-hybridized carbons (Fsp3) is 0.478. The van der Waals surface area contributed by atoms with Gasteiger partial charge >= 0.3 is 0 Å². The van der Waals surface area contributed by atoms with Crippen LogP contribution in [-0.2, 0) is 12.8 Å². The molecular weight excluding hydrogens is 581 g/mol. The summed E-state index contributed by atoms with van der Waals surface area (Å²) in [6.07, 6.45) is 20.2. The number of benzene rings is 4. The Morgan fingerprint density at radius 1 is 0.438 bits per heavy atom. The first-order chi connectivity index (χ1) is 23.4. The van der Waals surface area contributed by atoms with Crippen LogP contribution in [0.4, 0.5) is 11.4 Å².